The van der Waals surface area contributed by atoms with Crippen LogP contribution in [0.15, 0.2) is 42.5 Å². The van der Waals surface area contributed by atoms with Crippen LogP contribution < -0.4 is 15.0 Å². The van der Waals surface area contributed by atoms with Gasteiger partial charge < -0.3 is 15.0 Å². The van der Waals surface area contributed by atoms with E-state index in [9.17, 15) is 18.4 Å². The quantitative estimate of drug-likeness (QED) is 0.805. The first-order valence-corrected chi connectivity index (χ1v) is 8.74. The van der Waals surface area contributed by atoms with Gasteiger partial charge in [-0.1, -0.05) is 29.8 Å². The smallest absolute Gasteiger partial charge is 0.387 e. The number of anilines is 1. The highest BCUT2D eigenvalue weighted by Crippen LogP contribution is 2.30. The van der Waals surface area contributed by atoms with E-state index in [0.717, 1.165) is 6.42 Å². The van der Waals surface area contributed by atoms with Gasteiger partial charge in [-0.15, -0.1) is 0 Å². The fourth-order valence-electron chi connectivity index (χ4n) is 2.90. The largest absolute Gasteiger partial charge is 0.434 e. The zero-order valence-corrected chi connectivity index (χ0v) is 15.0. The van der Waals surface area contributed by atoms with Crippen molar-refractivity contribution in [1.29, 1.82) is 0 Å². The topological polar surface area (TPSA) is 58.6 Å². The number of ether oxygens (including phenoxy) is 1. The van der Waals surface area contributed by atoms with Gasteiger partial charge >= 0.3 is 6.61 Å². The first-order valence-electron chi connectivity index (χ1n) is 8.36. The van der Waals surface area contributed by atoms with Crippen LogP contribution in [-0.2, 0) is 11.3 Å². The molecule has 1 saturated heterocycles. The first kappa shape index (κ1) is 19.1. The number of benzene rings is 2. The third-order valence-corrected chi connectivity index (χ3v) is 4.52. The maximum atomic E-state index is 12.5. The summed E-state index contributed by atoms with van der Waals surface area (Å²) in [6.07, 6.45) is 1.19. The Morgan fingerprint density at radius 2 is 2.04 bits per heavy atom. The van der Waals surface area contributed by atoms with Crippen molar-refractivity contribution in [3.63, 3.8) is 0 Å². The molecule has 27 heavy (non-hydrogen) atoms. The molecule has 0 unspecified atom stereocenters. The normalized spacial score (nSPS) is 13.9. The number of amides is 2. The zero-order valence-electron chi connectivity index (χ0n) is 14.3. The van der Waals surface area contributed by atoms with E-state index < -0.39 is 12.5 Å². The molecule has 1 heterocycles. The fourth-order valence-corrected chi connectivity index (χ4v) is 3.12. The van der Waals surface area contributed by atoms with Crippen LogP contribution in [0.25, 0.3) is 0 Å². The van der Waals surface area contributed by atoms with Gasteiger partial charge in [-0.25, -0.2) is 0 Å². The van der Waals surface area contributed by atoms with Gasteiger partial charge in [0.05, 0.1) is 10.7 Å². The van der Waals surface area contributed by atoms with Crippen molar-refractivity contribution in [1.82, 2.24) is 5.32 Å². The minimum absolute atomic E-state index is 0.00672. The van der Waals surface area contributed by atoms with Gasteiger partial charge in [-0.3, -0.25) is 9.59 Å². The van der Waals surface area contributed by atoms with E-state index in [-0.39, 0.29) is 18.2 Å². The number of hydrogen-bond donors (Lipinski definition) is 1. The molecule has 1 fully saturated rings. The summed E-state index contributed by atoms with van der Waals surface area (Å²) in [6.45, 7) is -2.37. The van der Waals surface area contributed by atoms with E-state index in [1.807, 2.05) is 0 Å². The first-order chi connectivity index (χ1) is 13.0. The number of alkyl halides is 2. The molecule has 1 aliphatic heterocycles. The molecule has 2 amide bonds. The summed E-state index contributed by atoms with van der Waals surface area (Å²) in [5, 5.41) is 3.05. The summed E-state index contributed by atoms with van der Waals surface area (Å²) in [6, 6.07) is 10.9. The van der Waals surface area contributed by atoms with E-state index in [4.69, 9.17) is 11.6 Å². The molecule has 0 radical (unpaired) electrons. The molecule has 3 rings (SSSR count). The number of para-hydroxylation sites is 1. The summed E-state index contributed by atoms with van der Waals surface area (Å²) in [5.74, 6) is -0.439. The zero-order chi connectivity index (χ0) is 19.4. The summed E-state index contributed by atoms with van der Waals surface area (Å²) < 4.78 is 29.4. The van der Waals surface area contributed by atoms with Crippen molar-refractivity contribution in [2.24, 2.45) is 0 Å². The van der Waals surface area contributed by atoms with E-state index in [2.05, 4.69) is 10.1 Å². The van der Waals surface area contributed by atoms with Gasteiger partial charge in [0, 0.05) is 30.6 Å². The van der Waals surface area contributed by atoms with E-state index in [1.54, 1.807) is 41.3 Å². The van der Waals surface area contributed by atoms with Crippen molar-refractivity contribution >= 4 is 29.1 Å². The highest BCUT2D eigenvalue weighted by molar-refractivity contribution is 6.34. The number of nitrogens with zero attached hydrogens (tertiary/aromatic N) is 1. The number of hydrogen-bond acceptors (Lipinski definition) is 3. The molecule has 5 nitrogen and oxygen atoms in total. The van der Waals surface area contributed by atoms with Crippen molar-refractivity contribution in [2.45, 2.75) is 26.0 Å². The molecule has 0 aliphatic carbocycles. The van der Waals surface area contributed by atoms with Gasteiger partial charge in [-0.2, -0.15) is 8.78 Å². The minimum Gasteiger partial charge on any atom is -0.434 e. The number of carbonyl (C=O) groups is 2. The Morgan fingerprint density at radius 1 is 1.26 bits per heavy atom. The summed E-state index contributed by atoms with van der Waals surface area (Å²) in [4.78, 5) is 26.0. The molecule has 0 aromatic heterocycles. The van der Waals surface area contributed by atoms with E-state index >= 15 is 0 Å². The van der Waals surface area contributed by atoms with Crippen LogP contribution in [0.1, 0.15) is 28.8 Å². The lowest BCUT2D eigenvalue weighted by Crippen LogP contribution is -2.26. The van der Waals surface area contributed by atoms with E-state index in [0.29, 0.717) is 34.8 Å². The second-order valence-electron chi connectivity index (χ2n) is 5.98. The van der Waals surface area contributed by atoms with Gasteiger partial charge in [0.2, 0.25) is 5.91 Å². The Bertz CT molecular complexity index is 861. The number of halogens is 3. The SMILES string of the molecule is O=C(NCc1ccccc1OC(F)F)c1ccc(Cl)c(N2CCCC2=O)c1. The Kier molecular flexibility index (Phi) is 5.91. The Labute approximate surface area is 159 Å². The standard InChI is InChI=1S/C19H17ClF2N2O3/c20-14-8-7-12(10-15(14)24-9-3-6-17(24)25)18(26)23-11-13-4-1-2-5-16(13)27-19(21)22/h1-2,4-5,7-8,10,19H,3,6,9,11H2,(H,23,26). The molecule has 0 saturated carbocycles. The van der Waals surface area contributed by atoms with Gasteiger partial charge in [0.15, 0.2) is 0 Å². The molecular formula is C19H17ClF2N2O3. The fraction of sp³-hybridized carbons (Fsp3) is 0.263. The molecule has 1 aliphatic rings. The molecule has 8 heteroatoms. The van der Waals surface area contributed by atoms with Gasteiger partial charge in [-0.05, 0) is 30.7 Å². The third kappa shape index (κ3) is 4.54. The summed E-state index contributed by atoms with van der Waals surface area (Å²) >= 11 is 6.18. The highest BCUT2D eigenvalue weighted by Gasteiger charge is 2.24. The number of nitrogens with one attached hydrogen (secondary N) is 1. The van der Waals surface area contributed by atoms with Crippen molar-refractivity contribution in [3.8, 4) is 5.75 Å². The van der Waals surface area contributed by atoms with Crippen LogP contribution in [0, 0.1) is 0 Å². The molecule has 1 N–H and O–H groups in total. The lowest BCUT2D eigenvalue weighted by Gasteiger charge is -2.18. The average Bonchev–Trinajstić information content (AvgIpc) is 3.06. The average molecular weight is 395 g/mol. The van der Waals surface area contributed by atoms with Crippen LogP contribution in [0.4, 0.5) is 14.5 Å². The monoisotopic (exact) mass is 394 g/mol. The molecule has 0 spiro atoms. The lowest BCUT2D eigenvalue weighted by atomic mass is 10.1. The highest BCUT2D eigenvalue weighted by atomic mass is 35.5. The maximum Gasteiger partial charge on any atom is 0.387 e. The molecule has 0 atom stereocenters. The second-order valence-corrected chi connectivity index (χ2v) is 6.39. The third-order valence-electron chi connectivity index (χ3n) is 4.20. The van der Waals surface area contributed by atoms with E-state index in [1.165, 1.54) is 6.07 Å². The second kappa shape index (κ2) is 8.35. The molecule has 142 valence electrons. The van der Waals surface area contributed by atoms with Crippen LogP contribution in [0.3, 0.4) is 0 Å². The van der Waals surface area contributed by atoms with Gasteiger partial charge in [0.25, 0.3) is 5.91 Å². The molecule has 2 aromatic carbocycles. The Hall–Kier alpha value is -2.67. The predicted octanol–water partition coefficient (Wildman–Crippen LogP) is 4.00. The van der Waals surface area contributed by atoms with Crippen LogP contribution in [-0.4, -0.2) is 25.0 Å². The number of carbonyl (C=O) groups excluding carboxylic acids is 2. The van der Waals surface area contributed by atoms with Crippen LogP contribution in [0.2, 0.25) is 5.02 Å². The van der Waals surface area contributed by atoms with Crippen LogP contribution in [0.5, 0.6) is 5.75 Å². The molecule has 2 aromatic rings. The predicted molar refractivity (Wildman–Crippen MR) is 97.3 cm³/mol. The Balaban J connectivity index is 1.73. The summed E-state index contributed by atoms with van der Waals surface area (Å²) in [7, 11) is 0. The Morgan fingerprint density at radius 3 is 2.74 bits per heavy atom. The van der Waals surface area contributed by atoms with Crippen molar-refractivity contribution in [3.05, 3.63) is 58.6 Å². The molecular weight excluding hydrogens is 378 g/mol. The van der Waals surface area contributed by atoms with Crippen molar-refractivity contribution in [2.75, 3.05) is 11.4 Å². The summed E-state index contributed by atoms with van der Waals surface area (Å²) in [5.41, 5.74) is 1.24. The van der Waals surface area contributed by atoms with Crippen LogP contribution >= 0.6 is 11.6 Å². The lowest BCUT2D eigenvalue weighted by molar-refractivity contribution is -0.117. The molecule has 0 bridgehead atoms. The van der Waals surface area contributed by atoms with Crippen molar-refractivity contribution < 1.29 is 23.1 Å². The maximum absolute atomic E-state index is 12.5. The number of rotatable bonds is 6. The minimum atomic E-state index is -2.95. The van der Waals surface area contributed by atoms with Gasteiger partial charge in [0.1, 0.15) is 5.75 Å².